The molecule has 0 amide bonds. The van der Waals surface area contributed by atoms with Crippen LogP contribution in [0.4, 0.5) is 0 Å². The van der Waals surface area contributed by atoms with E-state index in [1.165, 1.54) is 0 Å². The Morgan fingerprint density at radius 1 is 1.64 bits per heavy atom. The molecule has 0 spiro atoms. The molecule has 0 aliphatic heterocycles. The standard InChI is InChI=1S/C8H3BrIN3S/c9-5-3-8-6(12-7(5)4-11)1-2-13(8)14-10/h1-3H. The smallest absolute Gasteiger partial charge is 0.155 e. The maximum atomic E-state index is 8.79. The van der Waals surface area contributed by atoms with Gasteiger partial charge < -0.3 is 0 Å². The van der Waals surface area contributed by atoms with Gasteiger partial charge in [0, 0.05) is 36.5 Å². The molecule has 0 atom stereocenters. The third-order valence-electron chi connectivity index (χ3n) is 1.77. The summed E-state index contributed by atoms with van der Waals surface area (Å²) >= 11 is 5.51. The lowest BCUT2D eigenvalue weighted by Gasteiger charge is -1.99. The van der Waals surface area contributed by atoms with Crippen molar-refractivity contribution in [1.29, 1.82) is 5.26 Å². The molecule has 0 N–H and O–H groups in total. The average Bonchev–Trinajstić information content (AvgIpc) is 2.58. The summed E-state index contributed by atoms with van der Waals surface area (Å²) in [6.07, 6.45) is 1.93. The second-order valence-electron chi connectivity index (χ2n) is 2.55. The Labute approximate surface area is 105 Å². The molecule has 0 aliphatic carbocycles. The van der Waals surface area contributed by atoms with E-state index in [1.807, 2.05) is 28.4 Å². The summed E-state index contributed by atoms with van der Waals surface area (Å²) in [5.41, 5.74) is 2.28. The predicted molar refractivity (Wildman–Crippen MR) is 69.2 cm³/mol. The van der Waals surface area contributed by atoms with Crippen molar-refractivity contribution in [2.45, 2.75) is 0 Å². The van der Waals surface area contributed by atoms with E-state index in [9.17, 15) is 0 Å². The van der Waals surface area contributed by atoms with Gasteiger partial charge in [0.1, 0.15) is 6.07 Å². The van der Waals surface area contributed by atoms with Crippen LogP contribution in [0.1, 0.15) is 5.69 Å². The molecule has 2 aromatic rings. The minimum atomic E-state index is 0.425. The van der Waals surface area contributed by atoms with Gasteiger partial charge in [-0.3, -0.25) is 3.97 Å². The monoisotopic (exact) mass is 379 g/mol. The van der Waals surface area contributed by atoms with E-state index in [0.717, 1.165) is 15.5 Å². The van der Waals surface area contributed by atoms with E-state index in [2.05, 4.69) is 42.1 Å². The van der Waals surface area contributed by atoms with Crippen molar-refractivity contribution in [3.8, 4) is 6.07 Å². The molecule has 2 rings (SSSR count). The average molecular weight is 380 g/mol. The molecule has 2 aromatic heterocycles. The van der Waals surface area contributed by atoms with Crippen molar-refractivity contribution in [3.63, 3.8) is 0 Å². The number of pyridine rings is 1. The van der Waals surface area contributed by atoms with E-state index in [4.69, 9.17) is 5.26 Å². The molecule has 6 heteroatoms. The second-order valence-corrected chi connectivity index (χ2v) is 5.11. The van der Waals surface area contributed by atoms with Crippen LogP contribution >= 0.6 is 46.3 Å². The Morgan fingerprint density at radius 3 is 3.07 bits per heavy atom. The summed E-state index contributed by atoms with van der Waals surface area (Å²) in [7, 11) is 1.57. The highest BCUT2D eigenvalue weighted by atomic mass is 127. The van der Waals surface area contributed by atoms with E-state index >= 15 is 0 Å². The van der Waals surface area contributed by atoms with Crippen molar-refractivity contribution >= 4 is 57.3 Å². The Hall–Kier alpha value is -0.260. The molecule has 0 radical (unpaired) electrons. The summed E-state index contributed by atoms with van der Waals surface area (Å²) in [5, 5.41) is 8.79. The fraction of sp³-hybridized carbons (Fsp3) is 0. The minimum absolute atomic E-state index is 0.425. The van der Waals surface area contributed by atoms with Crippen LogP contribution in [0.15, 0.2) is 22.8 Å². The molecule has 0 fully saturated rings. The van der Waals surface area contributed by atoms with E-state index in [-0.39, 0.29) is 0 Å². The number of hydrogen-bond acceptors (Lipinski definition) is 3. The predicted octanol–water partition coefficient (Wildman–Crippen LogP) is 3.52. The van der Waals surface area contributed by atoms with Crippen molar-refractivity contribution in [2.75, 3.05) is 0 Å². The van der Waals surface area contributed by atoms with Crippen LogP contribution in [0.25, 0.3) is 11.0 Å². The van der Waals surface area contributed by atoms with Crippen LogP contribution in [0.2, 0.25) is 0 Å². The third kappa shape index (κ3) is 1.64. The first kappa shape index (κ1) is 10.3. The normalized spacial score (nSPS) is 10.4. The van der Waals surface area contributed by atoms with Gasteiger partial charge in [0.05, 0.1) is 15.5 Å². The van der Waals surface area contributed by atoms with E-state index < -0.39 is 0 Å². The van der Waals surface area contributed by atoms with E-state index in [0.29, 0.717) is 5.69 Å². The highest BCUT2D eigenvalue weighted by Gasteiger charge is 2.07. The Balaban J connectivity index is 2.77. The van der Waals surface area contributed by atoms with Gasteiger partial charge in [0.25, 0.3) is 0 Å². The molecule has 0 unspecified atom stereocenters. The second kappa shape index (κ2) is 4.08. The summed E-state index contributed by atoms with van der Waals surface area (Å²) in [6.45, 7) is 0. The first-order valence-corrected chi connectivity index (χ1v) is 7.74. The number of rotatable bonds is 1. The van der Waals surface area contributed by atoms with E-state index in [1.54, 1.807) is 9.12 Å². The van der Waals surface area contributed by atoms with Crippen LogP contribution in [0, 0.1) is 11.3 Å². The molecule has 0 aromatic carbocycles. The number of halogens is 2. The number of nitriles is 1. The minimum Gasteiger partial charge on any atom is -0.281 e. The summed E-state index contributed by atoms with van der Waals surface area (Å²) in [6, 6.07) is 5.85. The molecule has 70 valence electrons. The van der Waals surface area contributed by atoms with Crippen LogP contribution < -0.4 is 0 Å². The summed E-state index contributed by atoms with van der Waals surface area (Å²) in [4.78, 5) is 4.22. The van der Waals surface area contributed by atoms with Gasteiger partial charge in [-0.05, 0) is 28.1 Å². The maximum absolute atomic E-state index is 8.79. The quantitative estimate of drug-likeness (QED) is 0.712. The molecular weight excluding hydrogens is 377 g/mol. The maximum Gasteiger partial charge on any atom is 0.155 e. The molecule has 3 nitrogen and oxygen atoms in total. The number of aromatic nitrogens is 2. The fourth-order valence-corrected chi connectivity index (χ4v) is 2.90. The zero-order chi connectivity index (χ0) is 10.1. The highest BCUT2D eigenvalue weighted by molar-refractivity contribution is 14.2. The SMILES string of the molecule is N#Cc1nc2ccn(SI)c2cc1Br. The lowest BCUT2D eigenvalue weighted by atomic mass is 10.3. The van der Waals surface area contributed by atoms with Gasteiger partial charge in [-0.1, -0.05) is 0 Å². The first-order valence-electron chi connectivity index (χ1n) is 3.63. The number of nitrogens with zero attached hydrogens (tertiary/aromatic N) is 3. The highest BCUT2D eigenvalue weighted by Crippen LogP contribution is 2.27. The third-order valence-corrected chi connectivity index (χ3v) is 4.11. The Kier molecular flexibility index (Phi) is 2.99. The van der Waals surface area contributed by atoms with Gasteiger partial charge in [-0.15, -0.1) is 0 Å². The lowest BCUT2D eigenvalue weighted by molar-refractivity contribution is 1.29. The van der Waals surface area contributed by atoms with Crippen LogP contribution in [-0.2, 0) is 0 Å². The summed E-state index contributed by atoms with van der Waals surface area (Å²) < 4.78 is 2.73. The zero-order valence-corrected chi connectivity index (χ0v) is 11.3. The van der Waals surface area contributed by atoms with Crippen molar-refractivity contribution in [3.05, 3.63) is 28.5 Å². The molecule has 14 heavy (non-hydrogen) atoms. The van der Waals surface area contributed by atoms with Crippen LogP contribution in [0.5, 0.6) is 0 Å². The molecule has 2 heterocycles. The largest absolute Gasteiger partial charge is 0.281 e. The Morgan fingerprint density at radius 2 is 2.43 bits per heavy atom. The van der Waals surface area contributed by atoms with Gasteiger partial charge in [-0.2, -0.15) is 5.26 Å². The molecular formula is C8H3BrIN3S. The number of fused-ring (bicyclic) bond motifs is 1. The number of hydrogen-bond donors (Lipinski definition) is 0. The topological polar surface area (TPSA) is 41.6 Å². The van der Waals surface area contributed by atoms with Gasteiger partial charge in [0.15, 0.2) is 5.69 Å². The summed E-state index contributed by atoms with van der Waals surface area (Å²) in [5.74, 6) is 0. The lowest BCUT2D eigenvalue weighted by Crippen LogP contribution is -1.86. The van der Waals surface area contributed by atoms with Gasteiger partial charge in [0.2, 0.25) is 0 Å². The molecule has 0 aliphatic rings. The van der Waals surface area contributed by atoms with Crippen molar-refractivity contribution in [2.24, 2.45) is 0 Å². The van der Waals surface area contributed by atoms with Gasteiger partial charge in [-0.25, -0.2) is 4.98 Å². The first-order chi connectivity index (χ1) is 6.76. The van der Waals surface area contributed by atoms with Crippen molar-refractivity contribution in [1.82, 2.24) is 8.96 Å². The Bertz CT molecular complexity index is 531. The van der Waals surface area contributed by atoms with Crippen LogP contribution in [0.3, 0.4) is 0 Å². The molecule has 0 saturated carbocycles. The molecule has 0 saturated heterocycles. The zero-order valence-electron chi connectivity index (χ0n) is 6.74. The van der Waals surface area contributed by atoms with Crippen LogP contribution in [-0.4, -0.2) is 8.96 Å². The molecule has 0 bridgehead atoms. The van der Waals surface area contributed by atoms with Gasteiger partial charge >= 0.3 is 0 Å². The fourth-order valence-electron chi connectivity index (χ4n) is 1.15. The van der Waals surface area contributed by atoms with Crippen molar-refractivity contribution < 1.29 is 0 Å².